The molecule has 0 aromatic carbocycles. The molecule has 1 aliphatic heterocycles. The molecule has 1 saturated heterocycles. The summed E-state index contributed by atoms with van der Waals surface area (Å²) in [6.45, 7) is 12.0. The minimum absolute atomic E-state index is 0.0669. The maximum Gasteiger partial charge on any atom is 0.343 e. The third kappa shape index (κ3) is 5.14. The van der Waals surface area contributed by atoms with Crippen molar-refractivity contribution in [2.75, 3.05) is 6.61 Å². The van der Waals surface area contributed by atoms with Gasteiger partial charge in [0.1, 0.15) is 5.01 Å². The zero-order valence-electron chi connectivity index (χ0n) is 15.5. The molecular formula is C17H30N4O2S. The summed E-state index contributed by atoms with van der Waals surface area (Å²) in [5.74, 6) is 0. The Balaban J connectivity index is 2.26. The van der Waals surface area contributed by atoms with E-state index in [4.69, 9.17) is 9.84 Å². The number of nitrogens with one attached hydrogen (secondary N) is 1. The van der Waals surface area contributed by atoms with Gasteiger partial charge in [-0.15, -0.1) is 0 Å². The summed E-state index contributed by atoms with van der Waals surface area (Å²) in [7, 11) is 0. The van der Waals surface area contributed by atoms with Crippen molar-refractivity contribution in [1.82, 2.24) is 15.1 Å². The van der Waals surface area contributed by atoms with Gasteiger partial charge in [0.15, 0.2) is 0 Å². The molecule has 0 spiro atoms. The van der Waals surface area contributed by atoms with Crippen molar-refractivity contribution in [2.24, 2.45) is 4.99 Å². The molecule has 0 radical (unpaired) electrons. The molecule has 0 unspecified atom stereocenters. The van der Waals surface area contributed by atoms with E-state index < -0.39 is 0 Å². The van der Waals surface area contributed by atoms with Crippen molar-refractivity contribution in [3.05, 3.63) is 9.81 Å². The lowest BCUT2D eigenvalue weighted by Crippen LogP contribution is -2.34. The van der Waals surface area contributed by atoms with Crippen molar-refractivity contribution in [3.8, 4) is 0 Å². The van der Waals surface area contributed by atoms with Crippen LogP contribution in [0.25, 0.3) is 0 Å². The van der Waals surface area contributed by atoms with Gasteiger partial charge < -0.3 is 10.1 Å². The van der Waals surface area contributed by atoms with Crippen molar-refractivity contribution in [3.63, 3.8) is 0 Å². The number of rotatable bonds is 5. The molecular weight excluding hydrogens is 324 g/mol. The van der Waals surface area contributed by atoms with Gasteiger partial charge in [-0.25, -0.2) is 9.48 Å². The second-order valence-electron chi connectivity index (χ2n) is 7.33. The third-order valence-corrected chi connectivity index (χ3v) is 5.54. The van der Waals surface area contributed by atoms with Gasteiger partial charge >= 0.3 is 6.03 Å². The van der Waals surface area contributed by atoms with Gasteiger partial charge in [0, 0.05) is 18.1 Å². The number of hydrogen-bond acceptors (Lipinski definition) is 4. The van der Waals surface area contributed by atoms with E-state index in [0.29, 0.717) is 11.3 Å². The second kappa shape index (κ2) is 8.25. The molecule has 0 saturated carbocycles. The Morgan fingerprint density at radius 1 is 1.46 bits per heavy atom. The largest absolute Gasteiger partial charge is 0.376 e. The lowest BCUT2D eigenvalue weighted by Gasteiger charge is -2.13. The first kappa shape index (κ1) is 19.1. The normalized spacial score (nSPS) is 19.2. The standard InChI is InChI=1S/C17H30N4O2S/c1-6-12(7-2)18-15(22)19-16-21(11-13-9-8-10-23-13)20-14(24-16)17(3,4)5/h12-13H,6-11H2,1-5H3,(H,18,22)/t13-/m1/s1. The number of ether oxygens (including phenoxy) is 1. The van der Waals surface area contributed by atoms with E-state index in [-0.39, 0.29) is 23.6 Å². The number of aromatic nitrogens is 2. The summed E-state index contributed by atoms with van der Waals surface area (Å²) >= 11 is 1.49. The summed E-state index contributed by atoms with van der Waals surface area (Å²) in [6.07, 6.45) is 4.10. The maximum absolute atomic E-state index is 12.2. The molecule has 2 rings (SSSR count). The van der Waals surface area contributed by atoms with Crippen LogP contribution in [0.5, 0.6) is 0 Å². The van der Waals surface area contributed by atoms with Crippen molar-refractivity contribution < 1.29 is 9.53 Å². The van der Waals surface area contributed by atoms with Crippen molar-refractivity contribution >= 4 is 17.4 Å². The zero-order valence-corrected chi connectivity index (χ0v) is 16.3. The summed E-state index contributed by atoms with van der Waals surface area (Å²) in [6, 6.07) is -0.114. The lowest BCUT2D eigenvalue weighted by atomic mass is 9.98. The van der Waals surface area contributed by atoms with Gasteiger partial charge in [-0.05, 0) is 25.7 Å². The highest BCUT2D eigenvalue weighted by atomic mass is 32.1. The molecule has 0 aliphatic carbocycles. The van der Waals surface area contributed by atoms with E-state index in [0.717, 1.165) is 37.3 Å². The molecule has 7 heteroatoms. The minimum atomic E-state index is -0.283. The molecule has 136 valence electrons. The fourth-order valence-electron chi connectivity index (χ4n) is 2.58. The van der Waals surface area contributed by atoms with Crippen LogP contribution in [0, 0.1) is 0 Å². The highest BCUT2D eigenvalue weighted by molar-refractivity contribution is 7.09. The van der Waals surface area contributed by atoms with E-state index in [1.54, 1.807) is 0 Å². The van der Waals surface area contributed by atoms with Crippen LogP contribution in [0.15, 0.2) is 4.99 Å². The predicted molar refractivity (Wildman–Crippen MR) is 96.2 cm³/mol. The maximum atomic E-state index is 12.2. The summed E-state index contributed by atoms with van der Waals surface area (Å²) in [5, 5.41) is 8.64. The topological polar surface area (TPSA) is 68.5 Å². The number of carbonyl (C=O) groups excluding carboxylic acids is 1. The number of hydrogen-bond donors (Lipinski definition) is 1. The Morgan fingerprint density at radius 3 is 2.71 bits per heavy atom. The van der Waals surface area contributed by atoms with Crippen LogP contribution >= 0.6 is 11.3 Å². The predicted octanol–water partition coefficient (Wildman–Crippen LogP) is 3.22. The van der Waals surface area contributed by atoms with Gasteiger partial charge in [-0.3, -0.25) is 0 Å². The highest BCUT2D eigenvalue weighted by Crippen LogP contribution is 2.22. The van der Waals surface area contributed by atoms with Gasteiger partial charge in [0.2, 0.25) is 4.80 Å². The second-order valence-corrected chi connectivity index (χ2v) is 8.29. The van der Waals surface area contributed by atoms with Crippen molar-refractivity contribution in [2.45, 2.75) is 84.4 Å². The molecule has 1 atom stereocenters. The Hall–Kier alpha value is -1.21. The SMILES string of the molecule is CCC(CC)NC(=O)N=c1sc(C(C)(C)C)nn1C[C@H]1CCCO1. The number of carbonyl (C=O) groups is 1. The Morgan fingerprint density at radius 2 is 2.17 bits per heavy atom. The molecule has 2 heterocycles. The van der Waals surface area contributed by atoms with Gasteiger partial charge in [0.05, 0.1) is 12.6 Å². The molecule has 1 aromatic heterocycles. The van der Waals surface area contributed by atoms with Crippen LogP contribution in [-0.2, 0) is 16.7 Å². The summed E-state index contributed by atoms with van der Waals surface area (Å²) < 4.78 is 7.55. The average Bonchev–Trinajstić information content (AvgIpc) is 3.15. The van der Waals surface area contributed by atoms with Gasteiger partial charge in [-0.2, -0.15) is 10.1 Å². The monoisotopic (exact) mass is 354 g/mol. The average molecular weight is 355 g/mol. The quantitative estimate of drug-likeness (QED) is 0.883. The molecule has 0 bridgehead atoms. The van der Waals surface area contributed by atoms with Crippen LogP contribution in [0.3, 0.4) is 0 Å². The van der Waals surface area contributed by atoms with E-state index in [9.17, 15) is 4.79 Å². The summed E-state index contributed by atoms with van der Waals surface area (Å²) in [5.41, 5.74) is -0.0669. The molecule has 6 nitrogen and oxygen atoms in total. The minimum Gasteiger partial charge on any atom is -0.376 e. The lowest BCUT2D eigenvalue weighted by molar-refractivity contribution is 0.0928. The smallest absolute Gasteiger partial charge is 0.343 e. The van der Waals surface area contributed by atoms with Crippen LogP contribution in [-0.4, -0.2) is 34.6 Å². The van der Waals surface area contributed by atoms with Crippen LogP contribution in [0.4, 0.5) is 4.79 Å². The molecule has 1 aliphatic rings. The first-order chi connectivity index (χ1) is 11.3. The summed E-state index contributed by atoms with van der Waals surface area (Å²) in [4.78, 5) is 17.2. The molecule has 24 heavy (non-hydrogen) atoms. The van der Waals surface area contributed by atoms with Crippen LogP contribution < -0.4 is 10.1 Å². The Bertz CT molecular complexity index is 605. The third-order valence-electron chi connectivity index (χ3n) is 4.17. The fourth-order valence-corrected chi connectivity index (χ4v) is 3.55. The first-order valence-corrected chi connectivity index (χ1v) is 9.70. The zero-order chi connectivity index (χ0) is 17.7. The van der Waals surface area contributed by atoms with Gasteiger partial charge in [0.25, 0.3) is 0 Å². The Kier molecular flexibility index (Phi) is 6.57. The molecule has 1 N–H and O–H groups in total. The fraction of sp³-hybridized carbons (Fsp3) is 0.824. The highest BCUT2D eigenvalue weighted by Gasteiger charge is 2.23. The first-order valence-electron chi connectivity index (χ1n) is 8.88. The van der Waals surface area contributed by atoms with E-state index in [2.05, 4.69) is 44.9 Å². The number of nitrogens with zero attached hydrogens (tertiary/aromatic N) is 3. The van der Waals surface area contributed by atoms with Crippen molar-refractivity contribution in [1.29, 1.82) is 0 Å². The van der Waals surface area contributed by atoms with Crippen LogP contribution in [0.2, 0.25) is 0 Å². The van der Waals surface area contributed by atoms with E-state index >= 15 is 0 Å². The molecule has 1 fully saturated rings. The number of urea groups is 1. The number of amides is 2. The molecule has 1 aromatic rings. The van der Waals surface area contributed by atoms with E-state index in [1.807, 2.05) is 4.68 Å². The van der Waals surface area contributed by atoms with Crippen LogP contribution in [0.1, 0.15) is 65.3 Å². The van der Waals surface area contributed by atoms with E-state index in [1.165, 1.54) is 11.3 Å². The molecule has 2 amide bonds. The van der Waals surface area contributed by atoms with Gasteiger partial charge in [-0.1, -0.05) is 46.0 Å². The Labute approximate surface area is 148 Å².